The number of ether oxygens (including phenoxy) is 1. The number of fused-ring (bicyclic) bond motifs is 2. The lowest BCUT2D eigenvalue weighted by atomic mass is 9.76. The molecule has 2 heterocycles. The maximum Gasteiger partial charge on any atom is 0.270 e. The Morgan fingerprint density at radius 1 is 1.23 bits per heavy atom. The van der Waals surface area contributed by atoms with Crippen molar-refractivity contribution in [2.75, 3.05) is 4.90 Å². The second kappa shape index (κ2) is 5.32. The van der Waals surface area contributed by atoms with Gasteiger partial charge in [-0.3, -0.25) is 10.1 Å². The van der Waals surface area contributed by atoms with E-state index < -0.39 is 10.6 Å². The molecule has 2 aromatic carbocycles. The summed E-state index contributed by atoms with van der Waals surface area (Å²) in [6.07, 6.45) is 3.60. The molecule has 2 atom stereocenters. The van der Waals surface area contributed by atoms with Gasteiger partial charge in [-0.1, -0.05) is 18.2 Å². The maximum atomic E-state index is 11.0. The highest BCUT2D eigenvalue weighted by molar-refractivity contribution is 5.73. The van der Waals surface area contributed by atoms with E-state index in [1.54, 1.807) is 6.07 Å². The summed E-state index contributed by atoms with van der Waals surface area (Å²) in [7, 11) is 0. The minimum atomic E-state index is -0.798. The van der Waals surface area contributed by atoms with Gasteiger partial charge in [0.1, 0.15) is 5.75 Å². The quantitative estimate of drug-likeness (QED) is 0.657. The van der Waals surface area contributed by atoms with Crippen molar-refractivity contribution in [1.82, 2.24) is 0 Å². The van der Waals surface area contributed by atoms with Gasteiger partial charge < -0.3 is 15.4 Å². The summed E-state index contributed by atoms with van der Waals surface area (Å²) in [5.74, 6) is 0.615. The van der Waals surface area contributed by atoms with Crippen LogP contribution in [0.2, 0.25) is 0 Å². The molecule has 0 aliphatic carbocycles. The van der Waals surface area contributed by atoms with E-state index in [1.807, 2.05) is 31.2 Å². The van der Waals surface area contributed by atoms with E-state index in [4.69, 9.17) is 10.5 Å². The van der Waals surface area contributed by atoms with Gasteiger partial charge in [0, 0.05) is 23.4 Å². The number of non-ortho nitro benzene ring substituents is 1. The van der Waals surface area contributed by atoms with E-state index in [2.05, 4.69) is 30.9 Å². The molecule has 4 rings (SSSR count). The molecule has 0 aromatic heterocycles. The van der Waals surface area contributed by atoms with Gasteiger partial charge >= 0.3 is 0 Å². The van der Waals surface area contributed by atoms with Crippen LogP contribution in [-0.4, -0.2) is 16.8 Å². The number of rotatable bonds is 2. The van der Waals surface area contributed by atoms with Gasteiger partial charge in [-0.2, -0.15) is 0 Å². The molecule has 1 spiro atoms. The number of nitro benzene ring substituents is 1. The van der Waals surface area contributed by atoms with Crippen molar-refractivity contribution in [3.8, 4) is 5.75 Å². The second-order valence-corrected chi connectivity index (χ2v) is 7.36. The van der Waals surface area contributed by atoms with E-state index >= 15 is 0 Å². The van der Waals surface area contributed by atoms with Crippen LogP contribution < -0.4 is 15.4 Å². The first-order valence-electron chi connectivity index (χ1n) is 8.59. The van der Waals surface area contributed by atoms with Crippen molar-refractivity contribution < 1.29 is 9.66 Å². The molecule has 0 amide bonds. The lowest BCUT2D eigenvalue weighted by Crippen LogP contribution is -2.63. The average molecular weight is 351 g/mol. The molecule has 0 fully saturated rings. The number of nitrogens with zero attached hydrogens (tertiary/aromatic N) is 2. The van der Waals surface area contributed by atoms with Crippen LogP contribution >= 0.6 is 0 Å². The number of nitro groups is 1. The third-order valence-corrected chi connectivity index (χ3v) is 5.46. The van der Waals surface area contributed by atoms with Crippen molar-refractivity contribution in [1.29, 1.82) is 0 Å². The molecular weight excluding hydrogens is 330 g/mol. The molecule has 0 saturated carbocycles. The van der Waals surface area contributed by atoms with Crippen molar-refractivity contribution in [3.63, 3.8) is 0 Å². The van der Waals surface area contributed by atoms with Gasteiger partial charge in [-0.15, -0.1) is 0 Å². The third kappa shape index (κ3) is 2.02. The Kier molecular flexibility index (Phi) is 3.39. The zero-order valence-electron chi connectivity index (χ0n) is 15.0. The van der Waals surface area contributed by atoms with Crippen LogP contribution in [0.5, 0.6) is 5.75 Å². The van der Waals surface area contributed by atoms with E-state index in [9.17, 15) is 10.1 Å². The van der Waals surface area contributed by atoms with E-state index in [1.165, 1.54) is 12.1 Å². The van der Waals surface area contributed by atoms with Crippen LogP contribution in [0.15, 0.2) is 48.5 Å². The number of nitrogens with two attached hydrogens (primary N) is 1. The Hall–Kier alpha value is -2.86. The summed E-state index contributed by atoms with van der Waals surface area (Å²) in [5.41, 5.74) is 8.13. The fraction of sp³-hybridized carbons (Fsp3) is 0.300. The zero-order valence-corrected chi connectivity index (χ0v) is 15.0. The first-order chi connectivity index (χ1) is 12.3. The molecule has 26 heavy (non-hydrogen) atoms. The maximum absolute atomic E-state index is 11.0. The van der Waals surface area contributed by atoms with E-state index in [-0.39, 0.29) is 17.3 Å². The summed E-state index contributed by atoms with van der Waals surface area (Å²) >= 11 is 0. The SMILES string of the molecule is CC(N)N1c2ccccc2C(C)(C)[C@]12C=Cc1cc([N+](=O)[O-])ccc1O2. The lowest BCUT2D eigenvalue weighted by Gasteiger charge is -2.48. The fourth-order valence-corrected chi connectivity index (χ4v) is 4.15. The molecule has 2 aliphatic heterocycles. The van der Waals surface area contributed by atoms with Crippen LogP contribution in [0.4, 0.5) is 11.4 Å². The molecule has 134 valence electrons. The first-order valence-corrected chi connectivity index (χ1v) is 8.59. The number of hydrogen-bond donors (Lipinski definition) is 1. The predicted molar refractivity (Wildman–Crippen MR) is 101 cm³/mol. The summed E-state index contributed by atoms with van der Waals surface area (Å²) in [5, 5.41) is 11.0. The highest BCUT2D eigenvalue weighted by atomic mass is 16.6. The molecule has 6 heteroatoms. The summed E-state index contributed by atoms with van der Waals surface area (Å²) in [4.78, 5) is 12.7. The Balaban J connectivity index is 1.89. The molecule has 0 radical (unpaired) electrons. The number of para-hydroxylation sites is 1. The highest BCUT2D eigenvalue weighted by Gasteiger charge is 2.59. The summed E-state index contributed by atoms with van der Waals surface area (Å²) in [6, 6.07) is 12.8. The van der Waals surface area contributed by atoms with Gasteiger partial charge in [0.2, 0.25) is 5.72 Å². The molecule has 2 aromatic rings. The minimum absolute atomic E-state index is 0.0472. The van der Waals surface area contributed by atoms with Gasteiger partial charge in [0.15, 0.2) is 0 Å². The van der Waals surface area contributed by atoms with Crippen molar-refractivity contribution in [3.05, 3.63) is 69.8 Å². The average Bonchev–Trinajstić information content (AvgIpc) is 2.79. The topological polar surface area (TPSA) is 81.6 Å². The van der Waals surface area contributed by atoms with Crippen LogP contribution in [0.25, 0.3) is 6.08 Å². The van der Waals surface area contributed by atoms with Gasteiger partial charge in [0.25, 0.3) is 5.69 Å². The van der Waals surface area contributed by atoms with Crippen molar-refractivity contribution in [2.24, 2.45) is 5.73 Å². The number of anilines is 1. The third-order valence-electron chi connectivity index (χ3n) is 5.46. The largest absolute Gasteiger partial charge is 0.463 e. The molecule has 1 unspecified atom stereocenters. The summed E-state index contributed by atoms with van der Waals surface area (Å²) in [6.45, 7) is 6.20. The molecule has 0 bridgehead atoms. The summed E-state index contributed by atoms with van der Waals surface area (Å²) < 4.78 is 6.52. The minimum Gasteiger partial charge on any atom is -0.463 e. The Morgan fingerprint density at radius 2 is 1.96 bits per heavy atom. The van der Waals surface area contributed by atoms with E-state index in [0.717, 1.165) is 11.3 Å². The first kappa shape index (κ1) is 16.6. The predicted octanol–water partition coefficient (Wildman–Crippen LogP) is 3.80. The van der Waals surface area contributed by atoms with Crippen LogP contribution in [0, 0.1) is 10.1 Å². The molecule has 2 aliphatic rings. The smallest absolute Gasteiger partial charge is 0.270 e. The van der Waals surface area contributed by atoms with Crippen LogP contribution in [0.3, 0.4) is 0 Å². The molecule has 0 saturated heterocycles. The second-order valence-electron chi connectivity index (χ2n) is 7.36. The highest BCUT2D eigenvalue weighted by Crippen LogP contribution is 2.55. The van der Waals surface area contributed by atoms with Crippen LogP contribution in [-0.2, 0) is 5.41 Å². The number of hydrogen-bond acceptors (Lipinski definition) is 5. The monoisotopic (exact) mass is 351 g/mol. The van der Waals surface area contributed by atoms with Gasteiger partial charge in [-0.05, 0) is 50.6 Å². The molecule has 2 N–H and O–H groups in total. The van der Waals surface area contributed by atoms with Crippen LogP contribution in [0.1, 0.15) is 31.9 Å². The molecule has 6 nitrogen and oxygen atoms in total. The van der Waals surface area contributed by atoms with Crippen molar-refractivity contribution >= 4 is 17.5 Å². The van der Waals surface area contributed by atoms with Crippen molar-refractivity contribution in [2.45, 2.75) is 38.1 Å². The zero-order chi connectivity index (χ0) is 18.7. The Labute approximate surface area is 152 Å². The van der Waals surface area contributed by atoms with Gasteiger partial charge in [-0.25, -0.2) is 0 Å². The normalized spacial score (nSPS) is 23.3. The Morgan fingerprint density at radius 3 is 2.65 bits per heavy atom. The van der Waals surface area contributed by atoms with E-state index in [0.29, 0.717) is 11.3 Å². The molecular formula is C20H21N3O3. The fourth-order valence-electron chi connectivity index (χ4n) is 4.15. The van der Waals surface area contributed by atoms with Gasteiger partial charge in [0.05, 0.1) is 16.5 Å². The lowest BCUT2D eigenvalue weighted by molar-refractivity contribution is -0.384. The number of benzene rings is 2. The Bertz CT molecular complexity index is 936. The standard InChI is InChI=1S/C20H21N3O3/c1-13(21)22-17-7-5-4-6-16(17)19(2,3)20(22)11-10-14-12-15(23(24)25)8-9-18(14)26-20/h4-13H,21H2,1-3H3/t13?,20-/m1/s1.